The SMILES string of the molecule is CCCCCCCCCCCCCCCCCCNNNNNNNNNNNNNNNNNNNNNNNNNNNNNNNNNNNNNNN. The van der Waals surface area contributed by atoms with Gasteiger partial charge in [-0.2, -0.15) is 205 Å². The van der Waals surface area contributed by atoms with Gasteiger partial charge in [-0.1, -0.05) is 103 Å². The first-order chi connectivity index (χ1) is 28.4. The minimum atomic E-state index is 0.877. The normalized spacial score (nSPS) is 11.7. The molecule has 39 heteroatoms. The lowest BCUT2D eigenvalue weighted by molar-refractivity contribution is 0.180. The van der Waals surface area contributed by atoms with Crippen molar-refractivity contribution in [2.45, 2.75) is 110 Å². The summed E-state index contributed by atoms with van der Waals surface area (Å²) < 4.78 is 0. The predicted octanol–water partition coefficient (Wildman–Crippen LogP) is -12.6. The van der Waals surface area contributed by atoms with Crippen molar-refractivity contribution in [3.63, 3.8) is 0 Å². The van der Waals surface area contributed by atoms with Crippen LogP contribution in [0, 0.1) is 0 Å². The van der Waals surface area contributed by atoms with Gasteiger partial charge in [0.25, 0.3) is 0 Å². The molecule has 0 bridgehead atoms. The van der Waals surface area contributed by atoms with E-state index in [1.165, 1.54) is 96.3 Å². The molecule has 40 N–H and O–H groups in total. The molecule has 0 aromatic heterocycles. The molecule has 0 radical (unpaired) electrons. The largest absolute Gasteiger partial charge is 0.257 e. The van der Waals surface area contributed by atoms with Crippen molar-refractivity contribution in [2.24, 2.45) is 5.84 Å². The molecular formula is C18H77N39. The average Bonchev–Trinajstić information content (AvgIpc) is 3.22. The van der Waals surface area contributed by atoms with Crippen molar-refractivity contribution >= 4 is 0 Å². The summed E-state index contributed by atoms with van der Waals surface area (Å²) in [6.45, 7) is 3.15. The van der Waals surface area contributed by atoms with E-state index in [9.17, 15) is 0 Å². The second-order valence-corrected chi connectivity index (χ2v) is 10.9. The van der Waals surface area contributed by atoms with Crippen molar-refractivity contribution in [2.75, 3.05) is 6.54 Å². The lowest BCUT2D eigenvalue weighted by Gasteiger charge is -2.16. The third-order valence-corrected chi connectivity index (χ3v) is 6.50. The van der Waals surface area contributed by atoms with Gasteiger partial charge >= 0.3 is 0 Å². The van der Waals surface area contributed by atoms with E-state index < -0.39 is 0 Å². The van der Waals surface area contributed by atoms with E-state index in [1.54, 1.807) is 0 Å². The lowest BCUT2D eigenvalue weighted by Crippen LogP contribution is -2.70. The fraction of sp³-hybridized carbons (Fsp3) is 1.00. The summed E-state index contributed by atoms with van der Waals surface area (Å²) in [6, 6.07) is 0. The van der Waals surface area contributed by atoms with E-state index in [0.717, 1.165) is 13.0 Å². The molecule has 344 valence electrons. The van der Waals surface area contributed by atoms with Gasteiger partial charge in [0.2, 0.25) is 0 Å². The minimum Gasteiger partial charge on any atom is -0.257 e. The Morgan fingerprint density at radius 3 is 0.596 bits per heavy atom. The molecule has 0 spiro atoms. The van der Waals surface area contributed by atoms with Gasteiger partial charge < -0.3 is 0 Å². The summed E-state index contributed by atoms with van der Waals surface area (Å²) in [7, 11) is 0. The van der Waals surface area contributed by atoms with E-state index in [2.05, 4.69) is 217 Å². The fourth-order valence-electron chi connectivity index (χ4n) is 3.97. The van der Waals surface area contributed by atoms with Crippen molar-refractivity contribution in [1.29, 1.82) is 0 Å². The van der Waals surface area contributed by atoms with Crippen LogP contribution in [0.2, 0.25) is 0 Å². The Labute approximate surface area is 332 Å². The van der Waals surface area contributed by atoms with Crippen LogP contribution in [0.15, 0.2) is 0 Å². The van der Waals surface area contributed by atoms with Gasteiger partial charge in [0, 0.05) is 6.54 Å². The molecule has 0 atom stereocenters. The van der Waals surface area contributed by atoms with Crippen LogP contribution in [0.3, 0.4) is 0 Å². The van der Waals surface area contributed by atoms with Gasteiger partial charge in [0.05, 0.1) is 0 Å². The maximum absolute atomic E-state index is 4.95. The van der Waals surface area contributed by atoms with Crippen LogP contribution in [-0.4, -0.2) is 6.54 Å². The molecule has 0 rings (SSSR count). The number of hydrogen-bond acceptors (Lipinski definition) is 39. The number of nitrogens with one attached hydrogen (secondary N) is 38. The first-order valence-electron chi connectivity index (χ1n) is 18.6. The molecule has 0 aromatic carbocycles. The van der Waals surface area contributed by atoms with Crippen LogP contribution in [0.25, 0.3) is 0 Å². The standard InChI is InChI=1S/C18H77N39/c1-2-3-4-5-6-7-8-9-10-11-12-13-14-15-16-17-18-20-22-24-26-28-30-32-34-36-38-40-42-44-46-48-50-52-54-56-57-55-53-51-49-47-45-43-41-39-37-35-33-31-29-27-25-23-21-19/h20-57H,2-19H2,1H3. The van der Waals surface area contributed by atoms with Gasteiger partial charge in [-0.15, -0.1) is 0 Å². The van der Waals surface area contributed by atoms with Gasteiger partial charge in [0.1, 0.15) is 0 Å². The lowest BCUT2D eigenvalue weighted by atomic mass is 10.0. The van der Waals surface area contributed by atoms with Crippen LogP contribution < -0.4 is 216 Å². The van der Waals surface area contributed by atoms with Gasteiger partial charge in [0.15, 0.2) is 0 Å². The summed E-state index contributed by atoms with van der Waals surface area (Å²) in [4.78, 5) is 0. The molecule has 0 saturated carbocycles. The summed E-state index contributed by atoms with van der Waals surface area (Å²) in [5, 5.41) is 0. The Kier molecular flexibility index (Phi) is 53.0. The number of unbranched alkanes of at least 4 members (excludes halogenated alkanes) is 15. The quantitative estimate of drug-likeness (QED) is 0.0154. The molecule has 0 unspecified atom stereocenters. The van der Waals surface area contributed by atoms with E-state index in [1.807, 2.05) is 0 Å². The molecule has 0 aliphatic carbocycles. The number of rotatable bonds is 54. The molecule has 0 amide bonds. The highest BCUT2D eigenvalue weighted by atomic mass is 16.0. The Balaban J connectivity index is 3.05. The second-order valence-electron chi connectivity index (χ2n) is 10.9. The number of hydrogen-bond donors (Lipinski definition) is 39. The monoisotopic (exact) mass is 840 g/mol. The third-order valence-electron chi connectivity index (χ3n) is 6.50. The van der Waals surface area contributed by atoms with E-state index in [4.69, 9.17) is 5.84 Å². The van der Waals surface area contributed by atoms with Crippen molar-refractivity contribution < 1.29 is 0 Å². The molecule has 0 aromatic rings. The van der Waals surface area contributed by atoms with Crippen molar-refractivity contribution in [3.8, 4) is 0 Å². The number of nitrogens with two attached hydrogens (primary N) is 1. The average molecular weight is 840 g/mol. The Morgan fingerprint density at radius 1 is 0.211 bits per heavy atom. The van der Waals surface area contributed by atoms with E-state index in [-0.39, 0.29) is 0 Å². The summed E-state index contributed by atoms with van der Waals surface area (Å²) in [5.41, 5.74) is 96.5. The zero-order valence-electron chi connectivity index (χ0n) is 32.6. The zero-order chi connectivity index (χ0) is 40.9. The van der Waals surface area contributed by atoms with Crippen LogP contribution in [0.1, 0.15) is 110 Å². The first-order valence-corrected chi connectivity index (χ1v) is 18.6. The minimum absolute atomic E-state index is 0.877. The molecule has 0 fully saturated rings. The van der Waals surface area contributed by atoms with Crippen molar-refractivity contribution in [1.82, 2.24) is 210 Å². The number of hydrazine groups is 38. The van der Waals surface area contributed by atoms with E-state index >= 15 is 0 Å². The van der Waals surface area contributed by atoms with E-state index in [0.29, 0.717) is 0 Å². The Hall–Kier alpha value is -1.56. The molecule has 0 heterocycles. The van der Waals surface area contributed by atoms with Gasteiger partial charge in [-0.3, -0.25) is 5.84 Å². The van der Waals surface area contributed by atoms with Crippen molar-refractivity contribution in [3.05, 3.63) is 0 Å². The van der Waals surface area contributed by atoms with Crippen LogP contribution >= 0.6 is 0 Å². The molecule has 0 saturated heterocycles. The zero-order valence-corrected chi connectivity index (χ0v) is 32.6. The Morgan fingerprint density at radius 2 is 0.386 bits per heavy atom. The summed E-state index contributed by atoms with van der Waals surface area (Å²) in [5.74, 6) is 4.95. The van der Waals surface area contributed by atoms with Gasteiger partial charge in [-0.25, -0.2) is 5.43 Å². The topological polar surface area (TPSA) is 483 Å². The first kappa shape index (κ1) is 55.4. The molecule has 0 aliphatic rings. The summed E-state index contributed by atoms with van der Waals surface area (Å²) >= 11 is 0. The smallest absolute Gasteiger partial charge is 0.0113 e. The maximum atomic E-state index is 4.95. The summed E-state index contributed by atoms with van der Waals surface area (Å²) in [6.07, 6.45) is 21.8. The highest BCUT2D eigenvalue weighted by molar-refractivity contribution is 4.50. The third kappa shape index (κ3) is 54.4. The molecule has 57 heavy (non-hydrogen) atoms. The highest BCUT2D eigenvalue weighted by Crippen LogP contribution is 2.13. The molecule has 39 nitrogen and oxygen atoms in total. The fourth-order valence-corrected chi connectivity index (χ4v) is 3.97. The Bertz CT molecular complexity index is 633. The van der Waals surface area contributed by atoms with Crippen LogP contribution in [0.5, 0.6) is 0 Å². The van der Waals surface area contributed by atoms with Crippen LogP contribution in [-0.2, 0) is 0 Å². The van der Waals surface area contributed by atoms with Gasteiger partial charge in [-0.05, 0) is 6.42 Å². The molecule has 0 aliphatic heterocycles. The maximum Gasteiger partial charge on any atom is 0.0113 e. The predicted molar refractivity (Wildman–Crippen MR) is 208 cm³/mol. The highest BCUT2D eigenvalue weighted by Gasteiger charge is 1.95. The molecular weight excluding hydrogens is 762 g/mol. The second kappa shape index (κ2) is 54.4. The van der Waals surface area contributed by atoms with Crippen LogP contribution in [0.4, 0.5) is 0 Å².